The average molecular weight is 373 g/mol. The maximum atomic E-state index is 14.9. The Bertz CT molecular complexity index is 1120. The zero-order valence-corrected chi connectivity index (χ0v) is 14.9. The lowest BCUT2D eigenvalue weighted by atomic mass is 10.1. The topological polar surface area (TPSA) is 106 Å². The van der Waals surface area contributed by atoms with Crippen LogP contribution >= 0.6 is 0 Å². The van der Waals surface area contributed by atoms with Gasteiger partial charge in [-0.25, -0.2) is 14.0 Å². The minimum Gasteiger partial charge on any atom is -0.476 e. The van der Waals surface area contributed by atoms with Crippen molar-refractivity contribution in [2.24, 2.45) is 11.7 Å². The van der Waals surface area contributed by atoms with Crippen LogP contribution in [0.25, 0.3) is 16.4 Å². The van der Waals surface area contributed by atoms with E-state index >= 15 is 0 Å². The fourth-order valence-corrected chi connectivity index (χ4v) is 3.81. The zero-order chi connectivity index (χ0) is 19.3. The standard InChI is InChI=1S/C18H20FN5O3/c1-2-23-14-7-16(22-4-3-10(8-20)9-22)12(19)5-11(14)15-6-13(17(25)26)21-24(15)18(23)27/h5-7,10H,2-4,8-9,20H2,1H3,(H,25,26)/t10-/m0/s1. The van der Waals surface area contributed by atoms with Gasteiger partial charge in [0.1, 0.15) is 5.82 Å². The van der Waals surface area contributed by atoms with Crippen LogP contribution in [-0.2, 0) is 6.54 Å². The number of fused-ring (bicyclic) bond motifs is 3. The second-order valence-corrected chi connectivity index (χ2v) is 6.82. The van der Waals surface area contributed by atoms with E-state index in [0.29, 0.717) is 48.7 Å². The monoisotopic (exact) mass is 373 g/mol. The van der Waals surface area contributed by atoms with E-state index in [1.54, 1.807) is 13.0 Å². The Morgan fingerprint density at radius 1 is 1.37 bits per heavy atom. The fraction of sp³-hybridized carbons (Fsp3) is 0.389. The van der Waals surface area contributed by atoms with Crippen LogP contribution in [0, 0.1) is 11.7 Å². The van der Waals surface area contributed by atoms with E-state index in [-0.39, 0.29) is 11.2 Å². The van der Waals surface area contributed by atoms with Crippen molar-refractivity contribution in [3.05, 3.63) is 40.2 Å². The van der Waals surface area contributed by atoms with E-state index in [1.807, 2.05) is 4.90 Å². The number of rotatable bonds is 4. The first-order chi connectivity index (χ1) is 12.9. The summed E-state index contributed by atoms with van der Waals surface area (Å²) in [6, 6.07) is 4.32. The molecule has 1 aromatic carbocycles. The number of halogens is 1. The van der Waals surface area contributed by atoms with Gasteiger partial charge in [-0.1, -0.05) is 0 Å². The highest BCUT2D eigenvalue weighted by atomic mass is 19.1. The summed E-state index contributed by atoms with van der Waals surface area (Å²) in [4.78, 5) is 26.0. The molecular formula is C18H20FN5O3. The molecule has 0 saturated carbocycles. The number of hydrogen-bond donors (Lipinski definition) is 2. The Morgan fingerprint density at radius 3 is 2.78 bits per heavy atom. The summed E-state index contributed by atoms with van der Waals surface area (Å²) in [6.07, 6.45) is 0.901. The first kappa shape index (κ1) is 17.5. The van der Waals surface area contributed by atoms with E-state index < -0.39 is 17.5 Å². The molecular weight excluding hydrogens is 353 g/mol. The summed E-state index contributed by atoms with van der Waals surface area (Å²) in [5.74, 6) is -1.33. The van der Waals surface area contributed by atoms with Crippen LogP contribution in [0.5, 0.6) is 0 Å². The predicted octanol–water partition coefficient (Wildman–Crippen LogP) is 1.29. The largest absolute Gasteiger partial charge is 0.476 e. The number of aromatic carboxylic acids is 1. The Balaban J connectivity index is 1.99. The first-order valence-corrected chi connectivity index (χ1v) is 8.88. The number of carboxylic acids is 1. The molecule has 0 unspecified atom stereocenters. The van der Waals surface area contributed by atoms with Gasteiger partial charge in [-0.15, -0.1) is 0 Å². The molecule has 0 bridgehead atoms. The highest BCUT2D eigenvalue weighted by molar-refractivity contribution is 5.98. The van der Waals surface area contributed by atoms with Gasteiger partial charge in [0.25, 0.3) is 0 Å². The van der Waals surface area contributed by atoms with Gasteiger partial charge in [0.05, 0.1) is 16.7 Å². The molecule has 1 aliphatic rings. The van der Waals surface area contributed by atoms with Gasteiger partial charge in [0, 0.05) is 25.0 Å². The maximum absolute atomic E-state index is 14.9. The molecule has 0 spiro atoms. The van der Waals surface area contributed by atoms with Crippen LogP contribution in [0.4, 0.5) is 10.1 Å². The number of aryl methyl sites for hydroxylation is 1. The number of nitrogens with zero attached hydrogens (tertiary/aromatic N) is 4. The van der Waals surface area contributed by atoms with Crippen LogP contribution in [0.2, 0.25) is 0 Å². The number of benzene rings is 1. The highest BCUT2D eigenvalue weighted by Gasteiger charge is 2.25. The fourth-order valence-electron chi connectivity index (χ4n) is 3.81. The van der Waals surface area contributed by atoms with Crippen LogP contribution in [0.15, 0.2) is 23.0 Å². The third-order valence-electron chi connectivity index (χ3n) is 5.25. The quantitative estimate of drug-likeness (QED) is 0.714. The number of nitrogens with two attached hydrogens (primary N) is 1. The second-order valence-electron chi connectivity index (χ2n) is 6.82. The smallest absolute Gasteiger partial charge is 0.356 e. The van der Waals surface area contributed by atoms with Gasteiger partial charge in [-0.2, -0.15) is 9.61 Å². The van der Waals surface area contributed by atoms with Crippen LogP contribution < -0.4 is 16.3 Å². The van der Waals surface area contributed by atoms with Crippen LogP contribution in [0.3, 0.4) is 0 Å². The van der Waals surface area contributed by atoms with E-state index in [0.717, 1.165) is 10.9 Å². The Kier molecular flexibility index (Phi) is 4.11. The molecule has 0 aliphatic carbocycles. The molecule has 0 radical (unpaired) electrons. The molecule has 142 valence electrons. The van der Waals surface area contributed by atoms with Crippen molar-refractivity contribution in [3.8, 4) is 0 Å². The molecule has 2 aromatic heterocycles. The number of aromatic nitrogens is 3. The molecule has 1 saturated heterocycles. The predicted molar refractivity (Wildman–Crippen MR) is 98.9 cm³/mol. The molecule has 9 heteroatoms. The lowest BCUT2D eigenvalue weighted by Gasteiger charge is -2.21. The number of carboxylic acid groups (broad SMARTS) is 1. The molecule has 27 heavy (non-hydrogen) atoms. The highest BCUT2D eigenvalue weighted by Crippen LogP contribution is 2.31. The summed E-state index contributed by atoms with van der Waals surface area (Å²) < 4.78 is 17.4. The molecule has 3 N–H and O–H groups in total. The van der Waals surface area contributed by atoms with Gasteiger partial charge in [0.2, 0.25) is 0 Å². The summed E-state index contributed by atoms with van der Waals surface area (Å²) in [5.41, 5.74) is 6.30. The normalized spacial score (nSPS) is 17.3. The van der Waals surface area contributed by atoms with Crippen LogP contribution in [0.1, 0.15) is 23.8 Å². The minimum absolute atomic E-state index is 0.253. The van der Waals surface area contributed by atoms with E-state index in [9.17, 15) is 19.1 Å². The number of hydrogen-bond acceptors (Lipinski definition) is 5. The maximum Gasteiger partial charge on any atom is 0.356 e. The van der Waals surface area contributed by atoms with Gasteiger partial charge >= 0.3 is 11.7 Å². The van der Waals surface area contributed by atoms with E-state index in [2.05, 4.69) is 5.10 Å². The molecule has 3 heterocycles. The van der Waals surface area contributed by atoms with Gasteiger partial charge in [0.15, 0.2) is 5.69 Å². The Labute approximate surface area is 153 Å². The van der Waals surface area contributed by atoms with Gasteiger partial charge in [-0.05, 0) is 44.0 Å². The average Bonchev–Trinajstić information content (AvgIpc) is 3.29. The molecule has 1 atom stereocenters. The summed E-state index contributed by atoms with van der Waals surface area (Å²) in [5, 5.41) is 13.5. The van der Waals surface area contributed by atoms with Crippen molar-refractivity contribution in [2.75, 3.05) is 24.5 Å². The molecule has 0 amide bonds. The summed E-state index contributed by atoms with van der Waals surface area (Å²) in [7, 11) is 0. The van der Waals surface area contributed by atoms with Gasteiger partial charge < -0.3 is 15.7 Å². The van der Waals surface area contributed by atoms with Crippen molar-refractivity contribution in [1.82, 2.24) is 14.2 Å². The summed E-state index contributed by atoms with van der Waals surface area (Å²) in [6.45, 7) is 4.09. The molecule has 4 rings (SSSR count). The van der Waals surface area contributed by atoms with E-state index in [4.69, 9.17) is 5.73 Å². The van der Waals surface area contributed by atoms with Crippen molar-refractivity contribution in [3.63, 3.8) is 0 Å². The Hall–Kier alpha value is -2.94. The SMILES string of the molecule is CCn1c(=O)n2nc(C(=O)O)cc2c2cc(F)c(N3CC[C@@H](CN)C3)cc21. The summed E-state index contributed by atoms with van der Waals surface area (Å²) >= 11 is 0. The van der Waals surface area contributed by atoms with Crippen molar-refractivity contribution in [1.29, 1.82) is 0 Å². The van der Waals surface area contributed by atoms with Crippen molar-refractivity contribution in [2.45, 2.75) is 19.9 Å². The lowest BCUT2D eigenvalue weighted by Crippen LogP contribution is -2.28. The first-order valence-electron chi connectivity index (χ1n) is 8.88. The molecule has 1 fully saturated rings. The number of carbonyl (C=O) groups is 1. The van der Waals surface area contributed by atoms with Gasteiger partial charge in [-0.3, -0.25) is 4.57 Å². The van der Waals surface area contributed by atoms with Crippen molar-refractivity contribution < 1.29 is 14.3 Å². The third kappa shape index (κ3) is 2.66. The van der Waals surface area contributed by atoms with Crippen molar-refractivity contribution >= 4 is 28.1 Å². The second kappa shape index (κ2) is 6.34. The third-order valence-corrected chi connectivity index (χ3v) is 5.25. The number of anilines is 1. The molecule has 1 aliphatic heterocycles. The Morgan fingerprint density at radius 2 is 2.15 bits per heavy atom. The van der Waals surface area contributed by atoms with E-state index in [1.165, 1.54) is 16.7 Å². The lowest BCUT2D eigenvalue weighted by molar-refractivity contribution is 0.0690. The minimum atomic E-state index is -1.24. The molecule has 8 nitrogen and oxygen atoms in total. The van der Waals surface area contributed by atoms with Crippen LogP contribution in [-0.4, -0.2) is 44.9 Å². The molecule has 3 aromatic rings. The zero-order valence-electron chi connectivity index (χ0n) is 14.9.